The molecule has 2 aromatic rings. The van der Waals surface area contributed by atoms with E-state index in [4.69, 9.17) is 5.11 Å². The molecule has 0 saturated heterocycles. The second-order valence-corrected chi connectivity index (χ2v) is 5.19. The van der Waals surface area contributed by atoms with Crippen molar-refractivity contribution in [3.63, 3.8) is 0 Å². The van der Waals surface area contributed by atoms with Crippen LogP contribution in [0.3, 0.4) is 0 Å². The lowest BCUT2D eigenvalue weighted by Crippen LogP contribution is -2.16. The van der Waals surface area contributed by atoms with Crippen molar-refractivity contribution in [3.8, 4) is 5.69 Å². The molecule has 0 aliphatic carbocycles. The average molecular weight is 273 g/mol. The molecule has 108 valence electrons. The molecule has 0 spiro atoms. The molecule has 0 amide bonds. The zero-order valence-corrected chi connectivity index (χ0v) is 12.0. The molecule has 4 heteroatoms. The number of nitrogens with zero attached hydrogens (tertiary/aromatic N) is 2. The number of rotatable bonds is 8. The predicted molar refractivity (Wildman–Crippen MR) is 80.8 cm³/mol. The van der Waals surface area contributed by atoms with Crippen LogP contribution in [0.5, 0.6) is 0 Å². The van der Waals surface area contributed by atoms with Crippen LogP contribution in [-0.4, -0.2) is 28.0 Å². The van der Waals surface area contributed by atoms with Crippen molar-refractivity contribution in [1.29, 1.82) is 0 Å². The maximum Gasteiger partial charge on any atom is 0.0766 e. The summed E-state index contributed by atoms with van der Waals surface area (Å²) in [5, 5.41) is 16.9. The normalized spacial score (nSPS) is 12.5. The summed E-state index contributed by atoms with van der Waals surface area (Å²) in [6.45, 7) is 4.10. The van der Waals surface area contributed by atoms with Gasteiger partial charge in [0.2, 0.25) is 0 Å². The molecule has 0 aliphatic heterocycles. The molecule has 1 aromatic heterocycles. The topological polar surface area (TPSA) is 50.1 Å². The minimum absolute atomic E-state index is 0.279. The molecule has 1 heterocycles. The quantitative estimate of drug-likeness (QED) is 0.726. The van der Waals surface area contributed by atoms with E-state index in [0.717, 1.165) is 37.3 Å². The SMILES string of the molecule is CC(CO)CCCNCc1ccn(-c2ccccc2)n1. The number of benzene rings is 1. The van der Waals surface area contributed by atoms with Crippen molar-refractivity contribution >= 4 is 0 Å². The number of aliphatic hydroxyl groups is 1. The summed E-state index contributed by atoms with van der Waals surface area (Å²) in [6, 6.07) is 12.1. The number of aliphatic hydroxyl groups excluding tert-OH is 1. The van der Waals surface area contributed by atoms with Crippen LogP contribution in [0.2, 0.25) is 0 Å². The third-order valence-electron chi connectivity index (χ3n) is 3.33. The van der Waals surface area contributed by atoms with Gasteiger partial charge in [-0.05, 0) is 43.5 Å². The average Bonchev–Trinajstić information content (AvgIpc) is 2.96. The highest BCUT2D eigenvalue weighted by molar-refractivity contribution is 5.30. The van der Waals surface area contributed by atoms with Gasteiger partial charge in [0, 0.05) is 19.3 Å². The Kier molecular flexibility index (Phi) is 5.77. The summed E-state index contributed by atoms with van der Waals surface area (Å²) < 4.78 is 1.89. The number of hydrogen-bond acceptors (Lipinski definition) is 3. The molecular formula is C16H23N3O. The van der Waals surface area contributed by atoms with E-state index in [1.165, 1.54) is 0 Å². The lowest BCUT2D eigenvalue weighted by molar-refractivity contribution is 0.228. The van der Waals surface area contributed by atoms with Crippen LogP contribution in [0.25, 0.3) is 5.69 Å². The lowest BCUT2D eigenvalue weighted by Gasteiger charge is -2.07. The van der Waals surface area contributed by atoms with Gasteiger partial charge in [0.1, 0.15) is 0 Å². The largest absolute Gasteiger partial charge is 0.396 e. The summed E-state index contributed by atoms with van der Waals surface area (Å²) in [5.74, 6) is 0.397. The second-order valence-electron chi connectivity index (χ2n) is 5.19. The number of aromatic nitrogens is 2. The van der Waals surface area contributed by atoms with Gasteiger partial charge in [-0.25, -0.2) is 4.68 Å². The highest BCUT2D eigenvalue weighted by Gasteiger charge is 2.01. The Balaban J connectivity index is 1.74. The van der Waals surface area contributed by atoms with Gasteiger partial charge in [-0.2, -0.15) is 5.10 Å². The van der Waals surface area contributed by atoms with Gasteiger partial charge in [0.25, 0.3) is 0 Å². The molecular weight excluding hydrogens is 250 g/mol. The van der Waals surface area contributed by atoms with Crippen molar-refractivity contribution in [1.82, 2.24) is 15.1 Å². The van der Waals surface area contributed by atoms with Gasteiger partial charge in [-0.3, -0.25) is 0 Å². The molecule has 1 atom stereocenters. The Hall–Kier alpha value is -1.65. The van der Waals surface area contributed by atoms with Crippen LogP contribution in [-0.2, 0) is 6.54 Å². The van der Waals surface area contributed by atoms with Crippen LogP contribution in [0.15, 0.2) is 42.6 Å². The van der Waals surface area contributed by atoms with Gasteiger partial charge in [0.15, 0.2) is 0 Å². The first-order valence-corrected chi connectivity index (χ1v) is 7.21. The van der Waals surface area contributed by atoms with E-state index in [1.807, 2.05) is 47.3 Å². The minimum Gasteiger partial charge on any atom is -0.396 e. The van der Waals surface area contributed by atoms with Crippen LogP contribution in [0.4, 0.5) is 0 Å². The molecule has 1 aromatic carbocycles. The van der Waals surface area contributed by atoms with Crippen molar-refractivity contribution in [2.24, 2.45) is 5.92 Å². The number of nitrogens with one attached hydrogen (secondary N) is 1. The molecule has 2 rings (SSSR count). The fraction of sp³-hybridized carbons (Fsp3) is 0.438. The molecule has 0 bridgehead atoms. The van der Waals surface area contributed by atoms with E-state index in [-0.39, 0.29) is 6.61 Å². The van der Waals surface area contributed by atoms with E-state index in [9.17, 15) is 0 Å². The molecule has 0 radical (unpaired) electrons. The zero-order chi connectivity index (χ0) is 14.2. The van der Waals surface area contributed by atoms with Gasteiger partial charge in [-0.1, -0.05) is 25.1 Å². The molecule has 20 heavy (non-hydrogen) atoms. The first-order valence-electron chi connectivity index (χ1n) is 7.21. The van der Waals surface area contributed by atoms with E-state index in [0.29, 0.717) is 5.92 Å². The van der Waals surface area contributed by atoms with E-state index >= 15 is 0 Å². The molecule has 2 N–H and O–H groups in total. The van der Waals surface area contributed by atoms with E-state index < -0.39 is 0 Å². The third kappa shape index (κ3) is 4.47. The summed E-state index contributed by atoms with van der Waals surface area (Å²) in [6.07, 6.45) is 4.13. The number of hydrogen-bond donors (Lipinski definition) is 2. The first kappa shape index (κ1) is 14.8. The van der Waals surface area contributed by atoms with Crippen LogP contribution < -0.4 is 5.32 Å². The second kappa shape index (κ2) is 7.82. The summed E-state index contributed by atoms with van der Waals surface area (Å²) in [5.41, 5.74) is 2.12. The molecule has 0 aliphatic rings. The third-order valence-corrected chi connectivity index (χ3v) is 3.33. The van der Waals surface area contributed by atoms with Crippen molar-refractivity contribution in [2.75, 3.05) is 13.2 Å². The van der Waals surface area contributed by atoms with Crippen LogP contribution >= 0.6 is 0 Å². The van der Waals surface area contributed by atoms with E-state index in [1.54, 1.807) is 0 Å². The fourth-order valence-electron chi connectivity index (χ4n) is 2.06. The Bertz CT molecular complexity index is 495. The highest BCUT2D eigenvalue weighted by atomic mass is 16.3. The standard InChI is InChI=1S/C16H23N3O/c1-14(13-20)6-5-10-17-12-15-9-11-19(18-15)16-7-3-2-4-8-16/h2-4,7-9,11,14,17,20H,5-6,10,12-13H2,1H3. The Morgan fingerprint density at radius 3 is 2.80 bits per heavy atom. The monoisotopic (exact) mass is 273 g/mol. The van der Waals surface area contributed by atoms with Gasteiger partial charge in [0.05, 0.1) is 11.4 Å². The molecule has 0 fully saturated rings. The minimum atomic E-state index is 0.279. The zero-order valence-electron chi connectivity index (χ0n) is 12.0. The van der Waals surface area contributed by atoms with Gasteiger partial charge >= 0.3 is 0 Å². The highest BCUT2D eigenvalue weighted by Crippen LogP contribution is 2.07. The fourth-order valence-corrected chi connectivity index (χ4v) is 2.06. The van der Waals surface area contributed by atoms with Crippen molar-refractivity contribution in [3.05, 3.63) is 48.3 Å². The van der Waals surface area contributed by atoms with E-state index in [2.05, 4.69) is 17.3 Å². The number of para-hydroxylation sites is 1. The Morgan fingerprint density at radius 2 is 2.05 bits per heavy atom. The molecule has 0 saturated carbocycles. The van der Waals surface area contributed by atoms with Crippen molar-refractivity contribution in [2.45, 2.75) is 26.3 Å². The molecule has 1 unspecified atom stereocenters. The lowest BCUT2D eigenvalue weighted by atomic mass is 10.1. The summed E-state index contributed by atoms with van der Waals surface area (Å²) >= 11 is 0. The van der Waals surface area contributed by atoms with Gasteiger partial charge in [-0.15, -0.1) is 0 Å². The Morgan fingerprint density at radius 1 is 1.25 bits per heavy atom. The summed E-state index contributed by atoms with van der Waals surface area (Å²) in [7, 11) is 0. The van der Waals surface area contributed by atoms with Crippen molar-refractivity contribution < 1.29 is 5.11 Å². The Labute approximate surface area is 120 Å². The summed E-state index contributed by atoms with van der Waals surface area (Å²) in [4.78, 5) is 0. The maximum absolute atomic E-state index is 8.95. The van der Waals surface area contributed by atoms with Crippen LogP contribution in [0, 0.1) is 5.92 Å². The molecule has 4 nitrogen and oxygen atoms in total. The first-order chi connectivity index (χ1) is 9.79. The van der Waals surface area contributed by atoms with Gasteiger partial charge < -0.3 is 10.4 Å². The predicted octanol–water partition coefficient (Wildman–Crippen LogP) is 2.37. The smallest absolute Gasteiger partial charge is 0.0766 e. The van der Waals surface area contributed by atoms with Crippen LogP contribution in [0.1, 0.15) is 25.5 Å². The maximum atomic E-state index is 8.95.